The predicted molar refractivity (Wildman–Crippen MR) is 98.2 cm³/mol. The molecule has 0 fully saturated rings. The molecule has 6 heteroatoms. The normalized spacial score (nSPS) is 11.7. The number of guanidine groups is 1. The third-order valence-electron chi connectivity index (χ3n) is 4.00. The van der Waals surface area contributed by atoms with Crippen LogP contribution in [0.1, 0.15) is 16.8 Å². The lowest BCUT2D eigenvalue weighted by molar-refractivity contribution is 0.626. The molecule has 0 bridgehead atoms. The van der Waals surface area contributed by atoms with E-state index in [1.54, 1.807) is 19.2 Å². The molecule has 0 amide bonds. The van der Waals surface area contributed by atoms with E-state index in [2.05, 4.69) is 39.8 Å². The van der Waals surface area contributed by atoms with Gasteiger partial charge in [0.1, 0.15) is 11.5 Å². The monoisotopic (exact) mass is 339 g/mol. The summed E-state index contributed by atoms with van der Waals surface area (Å²) >= 11 is 0. The zero-order valence-electron chi connectivity index (χ0n) is 14.5. The molecule has 25 heavy (non-hydrogen) atoms. The van der Waals surface area contributed by atoms with Crippen LogP contribution in [0, 0.1) is 12.7 Å². The smallest absolute Gasteiger partial charge is 0.191 e. The summed E-state index contributed by atoms with van der Waals surface area (Å²) in [5.41, 5.74) is 4.20. The lowest BCUT2D eigenvalue weighted by atomic mass is 10.2. The summed E-state index contributed by atoms with van der Waals surface area (Å²) < 4.78 is 15.0. The van der Waals surface area contributed by atoms with Crippen LogP contribution in [0.3, 0.4) is 0 Å². The highest BCUT2D eigenvalue weighted by Crippen LogP contribution is 2.10. The number of imidazole rings is 1. The van der Waals surface area contributed by atoms with Gasteiger partial charge in [0.15, 0.2) is 5.96 Å². The first kappa shape index (κ1) is 17.0. The second kappa shape index (κ2) is 7.79. The standard InChI is InChI=1S/C19H22FN5/c1-14-4-3-11-25-13-17(24-18(14)25)9-10-22-19(21-2)23-12-15-5-7-16(20)8-6-15/h3-8,11,13H,9-10,12H2,1-2H3,(H2,21,22,23). The van der Waals surface area contributed by atoms with E-state index in [4.69, 9.17) is 0 Å². The lowest BCUT2D eigenvalue weighted by Crippen LogP contribution is -2.37. The molecule has 2 N–H and O–H groups in total. The fourth-order valence-corrected chi connectivity index (χ4v) is 2.64. The van der Waals surface area contributed by atoms with Gasteiger partial charge in [-0.3, -0.25) is 4.99 Å². The molecule has 3 rings (SSSR count). The third-order valence-corrected chi connectivity index (χ3v) is 4.00. The molecule has 2 heterocycles. The zero-order chi connectivity index (χ0) is 17.6. The second-order valence-electron chi connectivity index (χ2n) is 5.88. The van der Waals surface area contributed by atoms with Crippen molar-refractivity contribution in [2.75, 3.05) is 13.6 Å². The molecule has 0 atom stereocenters. The number of nitrogens with one attached hydrogen (secondary N) is 2. The zero-order valence-corrected chi connectivity index (χ0v) is 14.5. The van der Waals surface area contributed by atoms with Crippen LogP contribution in [-0.2, 0) is 13.0 Å². The van der Waals surface area contributed by atoms with E-state index in [0.717, 1.165) is 29.9 Å². The predicted octanol–water partition coefficient (Wildman–Crippen LogP) is 2.69. The second-order valence-corrected chi connectivity index (χ2v) is 5.88. The molecular weight excluding hydrogens is 317 g/mol. The molecule has 130 valence electrons. The average Bonchev–Trinajstić information content (AvgIpc) is 3.04. The molecule has 1 aromatic carbocycles. The Bertz CT molecular complexity index is 867. The fraction of sp³-hybridized carbons (Fsp3) is 0.263. The number of aliphatic imine (C=N–C) groups is 1. The van der Waals surface area contributed by atoms with E-state index in [-0.39, 0.29) is 5.82 Å². The van der Waals surface area contributed by atoms with Crippen molar-refractivity contribution >= 4 is 11.6 Å². The molecule has 3 aromatic rings. The highest BCUT2D eigenvalue weighted by atomic mass is 19.1. The molecule has 0 saturated heterocycles. The van der Waals surface area contributed by atoms with E-state index in [1.807, 2.05) is 16.7 Å². The number of pyridine rings is 1. The van der Waals surface area contributed by atoms with E-state index in [1.165, 1.54) is 17.7 Å². The number of hydrogen-bond donors (Lipinski definition) is 2. The first-order valence-corrected chi connectivity index (χ1v) is 8.28. The maximum atomic E-state index is 12.9. The van der Waals surface area contributed by atoms with Gasteiger partial charge >= 0.3 is 0 Å². The van der Waals surface area contributed by atoms with Crippen LogP contribution in [0.15, 0.2) is 53.8 Å². The number of fused-ring (bicyclic) bond motifs is 1. The molecule has 0 saturated carbocycles. The minimum atomic E-state index is -0.228. The van der Waals surface area contributed by atoms with E-state index >= 15 is 0 Å². The van der Waals surface area contributed by atoms with Crippen molar-refractivity contribution < 1.29 is 4.39 Å². The fourth-order valence-electron chi connectivity index (χ4n) is 2.64. The Labute approximate surface area is 146 Å². The topological polar surface area (TPSA) is 53.7 Å². The highest BCUT2D eigenvalue weighted by Gasteiger charge is 2.04. The van der Waals surface area contributed by atoms with Crippen LogP contribution in [-0.4, -0.2) is 28.9 Å². The van der Waals surface area contributed by atoms with Crippen molar-refractivity contribution in [3.63, 3.8) is 0 Å². The number of rotatable bonds is 5. The van der Waals surface area contributed by atoms with Crippen LogP contribution >= 0.6 is 0 Å². The first-order valence-electron chi connectivity index (χ1n) is 8.28. The molecule has 0 aliphatic carbocycles. The van der Waals surface area contributed by atoms with Gasteiger partial charge < -0.3 is 15.0 Å². The van der Waals surface area contributed by atoms with E-state index in [9.17, 15) is 4.39 Å². The van der Waals surface area contributed by atoms with Gasteiger partial charge in [0.05, 0.1) is 5.69 Å². The van der Waals surface area contributed by atoms with Gasteiger partial charge in [-0.25, -0.2) is 9.37 Å². The van der Waals surface area contributed by atoms with Gasteiger partial charge in [0.2, 0.25) is 0 Å². The van der Waals surface area contributed by atoms with Gasteiger partial charge in [-0.15, -0.1) is 0 Å². The lowest BCUT2D eigenvalue weighted by Gasteiger charge is -2.11. The van der Waals surface area contributed by atoms with Crippen molar-refractivity contribution in [1.82, 2.24) is 20.0 Å². The van der Waals surface area contributed by atoms with E-state index < -0.39 is 0 Å². The van der Waals surface area contributed by atoms with Crippen LogP contribution in [0.4, 0.5) is 4.39 Å². The first-order chi connectivity index (χ1) is 12.2. The highest BCUT2D eigenvalue weighted by molar-refractivity contribution is 5.79. The van der Waals surface area contributed by atoms with Gasteiger partial charge in [-0.2, -0.15) is 0 Å². The number of halogens is 1. The molecule has 0 aliphatic heterocycles. The maximum absolute atomic E-state index is 12.9. The number of benzene rings is 1. The van der Waals surface area contributed by atoms with Crippen LogP contribution in [0.25, 0.3) is 5.65 Å². The Balaban J connectivity index is 1.50. The van der Waals surface area contributed by atoms with E-state index in [0.29, 0.717) is 12.5 Å². The molecule has 0 aliphatic rings. The Hall–Kier alpha value is -2.89. The SMILES string of the molecule is CN=C(NCCc1cn2cccc(C)c2n1)NCc1ccc(F)cc1. The Morgan fingerprint density at radius 3 is 2.72 bits per heavy atom. The Morgan fingerprint density at radius 2 is 2.00 bits per heavy atom. The number of hydrogen-bond acceptors (Lipinski definition) is 2. The summed E-state index contributed by atoms with van der Waals surface area (Å²) in [5, 5.41) is 6.49. The number of nitrogens with zero attached hydrogens (tertiary/aromatic N) is 3. The summed E-state index contributed by atoms with van der Waals surface area (Å²) in [7, 11) is 1.73. The average molecular weight is 339 g/mol. The van der Waals surface area contributed by atoms with Crippen molar-refractivity contribution in [2.45, 2.75) is 19.9 Å². The summed E-state index contributed by atoms with van der Waals surface area (Å²) in [5.74, 6) is 0.484. The maximum Gasteiger partial charge on any atom is 0.191 e. The van der Waals surface area contributed by atoms with Crippen LogP contribution < -0.4 is 10.6 Å². The van der Waals surface area contributed by atoms with Crippen molar-refractivity contribution in [1.29, 1.82) is 0 Å². The van der Waals surface area contributed by atoms with Gasteiger partial charge in [-0.1, -0.05) is 18.2 Å². The molecule has 5 nitrogen and oxygen atoms in total. The minimum absolute atomic E-state index is 0.228. The minimum Gasteiger partial charge on any atom is -0.356 e. The van der Waals surface area contributed by atoms with Gasteiger partial charge in [0.25, 0.3) is 0 Å². The molecule has 2 aromatic heterocycles. The largest absolute Gasteiger partial charge is 0.356 e. The molecule has 0 spiro atoms. The third kappa shape index (κ3) is 4.35. The Morgan fingerprint density at radius 1 is 1.20 bits per heavy atom. The number of aryl methyl sites for hydroxylation is 1. The van der Waals surface area contributed by atoms with Crippen LogP contribution in [0.5, 0.6) is 0 Å². The summed E-state index contributed by atoms with van der Waals surface area (Å²) in [4.78, 5) is 8.87. The Kier molecular flexibility index (Phi) is 5.28. The van der Waals surface area contributed by atoms with Crippen LogP contribution in [0.2, 0.25) is 0 Å². The van der Waals surface area contributed by atoms with Gasteiger partial charge in [-0.05, 0) is 36.2 Å². The van der Waals surface area contributed by atoms with Gasteiger partial charge in [0, 0.05) is 39.0 Å². The van der Waals surface area contributed by atoms with Crippen molar-refractivity contribution in [3.05, 3.63) is 71.4 Å². The summed E-state index contributed by atoms with van der Waals surface area (Å²) in [6.07, 6.45) is 4.87. The van der Waals surface area contributed by atoms with Crippen molar-refractivity contribution in [3.8, 4) is 0 Å². The number of aromatic nitrogens is 2. The molecule has 0 unspecified atom stereocenters. The molecular formula is C19H22FN5. The summed E-state index contributed by atoms with van der Waals surface area (Å²) in [6, 6.07) is 10.5. The molecule has 0 radical (unpaired) electrons. The van der Waals surface area contributed by atoms with Crippen molar-refractivity contribution in [2.24, 2.45) is 4.99 Å². The quantitative estimate of drug-likeness (QED) is 0.555. The summed E-state index contributed by atoms with van der Waals surface area (Å²) in [6.45, 7) is 3.38.